The van der Waals surface area contributed by atoms with Gasteiger partial charge in [-0.05, 0) is 0 Å². The lowest BCUT2D eigenvalue weighted by Crippen LogP contribution is -2.38. The minimum atomic E-state index is -0.495. The van der Waals surface area contributed by atoms with Crippen LogP contribution in [0.25, 0.3) is 11.2 Å². The zero-order chi connectivity index (χ0) is 15.0. The molecule has 3 heterocycles. The van der Waals surface area contributed by atoms with Crippen LogP contribution in [0.5, 0.6) is 0 Å². The molecule has 0 amide bonds. The van der Waals surface area contributed by atoms with Crippen LogP contribution in [0.15, 0.2) is 9.59 Å². The zero-order valence-electron chi connectivity index (χ0n) is 11.8. The molecule has 1 fully saturated rings. The number of aromatic amines is 1. The number of fused-ring (bicyclic) bond motifs is 1. The van der Waals surface area contributed by atoms with Crippen molar-refractivity contribution in [3.8, 4) is 0 Å². The number of imidazole rings is 1. The van der Waals surface area contributed by atoms with Crippen LogP contribution in [0.1, 0.15) is 0 Å². The molecule has 21 heavy (non-hydrogen) atoms. The number of nitrogens with zero attached hydrogens (tertiary/aromatic N) is 4. The average Bonchev–Trinajstić information content (AvgIpc) is 2.81. The monoisotopic (exact) mass is 294 g/mol. The molecule has 2 aromatic heterocycles. The molecule has 0 spiro atoms. The summed E-state index contributed by atoms with van der Waals surface area (Å²) in [4.78, 5) is 32.2. The van der Waals surface area contributed by atoms with Crippen molar-refractivity contribution in [2.75, 3.05) is 38.6 Å². The summed E-state index contributed by atoms with van der Waals surface area (Å²) >= 11 is 0. The van der Waals surface area contributed by atoms with Crippen molar-refractivity contribution in [2.45, 2.75) is 6.54 Å². The zero-order valence-corrected chi connectivity index (χ0v) is 11.8. The normalized spacial score (nSPS) is 16.6. The van der Waals surface area contributed by atoms with E-state index in [1.54, 1.807) is 11.6 Å². The average molecular weight is 294 g/mol. The van der Waals surface area contributed by atoms with Crippen molar-refractivity contribution >= 4 is 17.1 Å². The molecule has 3 rings (SSSR count). The first-order valence-corrected chi connectivity index (χ1v) is 6.83. The predicted octanol–water partition coefficient (Wildman–Crippen LogP) is -1.66. The fourth-order valence-corrected chi connectivity index (χ4v) is 2.54. The Morgan fingerprint density at radius 2 is 2.00 bits per heavy atom. The molecule has 1 aliphatic heterocycles. The molecule has 0 aliphatic carbocycles. The third kappa shape index (κ3) is 2.45. The van der Waals surface area contributed by atoms with E-state index in [-0.39, 0.29) is 5.95 Å². The number of morpholine rings is 1. The van der Waals surface area contributed by atoms with Crippen LogP contribution in [0.4, 0.5) is 5.95 Å². The van der Waals surface area contributed by atoms with Crippen LogP contribution in [-0.4, -0.2) is 56.9 Å². The van der Waals surface area contributed by atoms with Gasteiger partial charge in [0.05, 0.1) is 13.2 Å². The van der Waals surface area contributed by atoms with E-state index in [4.69, 9.17) is 10.5 Å². The molecule has 0 bridgehead atoms. The molecule has 0 saturated carbocycles. The highest BCUT2D eigenvalue weighted by molar-refractivity contribution is 5.73. The van der Waals surface area contributed by atoms with E-state index < -0.39 is 11.2 Å². The van der Waals surface area contributed by atoms with Gasteiger partial charge in [-0.1, -0.05) is 0 Å². The molecule has 2 aromatic rings. The topological polar surface area (TPSA) is 111 Å². The number of H-pyrrole nitrogens is 1. The highest BCUT2D eigenvalue weighted by Crippen LogP contribution is 2.12. The summed E-state index contributed by atoms with van der Waals surface area (Å²) in [5.41, 5.74) is 5.59. The van der Waals surface area contributed by atoms with Gasteiger partial charge in [0.15, 0.2) is 11.2 Å². The summed E-state index contributed by atoms with van der Waals surface area (Å²) in [6.07, 6.45) is 0. The fraction of sp³-hybridized carbons (Fsp3) is 0.583. The van der Waals surface area contributed by atoms with Crippen molar-refractivity contribution in [3.63, 3.8) is 0 Å². The SMILES string of the molecule is Cn1c(=O)[nH]c(=O)c2c1nc(N)n2CCN1CCOCC1. The van der Waals surface area contributed by atoms with E-state index in [1.807, 2.05) is 0 Å². The Morgan fingerprint density at radius 3 is 2.71 bits per heavy atom. The minimum absolute atomic E-state index is 0.241. The molecule has 1 aliphatic rings. The second kappa shape index (κ2) is 5.34. The van der Waals surface area contributed by atoms with Gasteiger partial charge < -0.3 is 15.0 Å². The number of nitrogens with two attached hydrogens (primary N) is 1. The van der Waals surface area contributed by atoms with Crippen LogP contribution < -0.4 is 17.0 Å². The van der Waals surface area contributed by atoms with Gasteiger partial charge in [0, 0.05) is 33.2 Å². The molecule has 114 valence electrons. The molecule has 1 saturated heterocycles. The number of anilines is 1. The standard InChI is InChI=1S/C12H18N6O3/c1-16-9-8(10(19)15-12(16)20)18(11(13)14-9)3-2-17-4-6-21-7-5-17/h2-7H2,1H3,(H2,13,14)(H,15,19,20). The third-order valence-corrected chi connectivity index (χ3v) is 3.78. The maximum Gasteiger partial charge on any atom is 0.329 e. The Morgan fingerprint density at radius 1 is 1.29 bits per heavy atom. The maximum atomic E-state index is 12.0. The van der Waals surface area contributed by atoms with E-state index in [0.717, 1.165) is 32.8 Å². The Balaban J connectivity index is 1.95. The van der Waals surface area contributed by atoms with Gasteiger partial charge in [0.1, 0.15) is 0 Å². The van der Waals surface area contributed by atoms with Gasteiger partial charge in [0.25, 0.3) is 5.56 Å². The van der Waals surface area contributed by atoms with Crippen LogP contribution in [0, 0.1) is 0 Å². The number of rotatable bonds is 3. The molecular weight excluding hydrogens is 276 g/mol. The first-order valence-electron chi connectivity index (χ1n) is 6.83. The Bertz CT molecular complexity index is 768. The smallest absolute Gasteiger partial charge is 0.329 e. The number of hydrogen-bond donors (Lipinski definition) is 2. The molecule has 0 atom stereocenters. The third-order valence-electron chi connectivity index (χ3n) is 3.78. The molecular formula is C12H18N6O3. The van der Waals surface area contributed by atoms with E-state index >= 15 is 0 Å². The molecule has 0 radical (unpaired) electrons. The summed E-state index contributed by atoms with van der Waals surface area (Å²) in [6.45, 7) is 4.46. The lowest BCUT2D eigenvalue weighted by atomic mass is 10.4. The van der Waals surface area contributed by atoms with Crippen molar-refractivity contribution < 1.29 is 4.74 Å². The van der Waals surface area contributed by atoms with Crippen molar-refractivity contribution in [2.24, 2.45) is 7.05 Å². The van der Waals surface area contributed by atoms with Gasteiger partial charge in [0.2, 0.25) is 5.95 Å². The number of nitrogens with one attached hydrogen (secondary N) is 1. The predicted molar refractivity (Wildman–Crippen MR) is 77.3 cm³/mol. The Hall–Kier alpha value is -2.13. The van der Waals surface area contributed by atoms with Gasteiger partial charge in [-0.25, -0.2) is 4.79 Å². The first-order chi connectivity index (χ1) is 10.1. The number of ether oxygens (including phenoxy) is 1. The highest BCUT2D eigenvalue weighted by atomic mass is 16.5. The number of nitrogen functional groups attached to an aromatic ring is 1. The van der Waals surface area contributed by atoms with E-state index in [2.05, 4.69) is 14.9 Å². The summed E-state index contributed by atoms with van der Waals surface area (Å²) < 4.78 is 8.25. The highest BCUT2D eigenvalue weighted by Gasteiger charge is 2.17. The second-order valence-electron chi connectivity index (χ2n) is 5.07. The van der Waals surface area contributed by atoms with Crippen LogP contribution >= 0.6 is 0 Å². The lowest BCUT2D eigenvalue weighted by molar-refractivity contribution is 0.0366. The van der Waals surface area contributed by atoms with Gasteiger partial charge >= 0.3 is 5.69 Å². The van der Waals surface area contributed by atoms with Gasteiger partial charge in [-0.15, -0.1) is 0 Å². The van der Waals surface area contributed by atoms with Crippen molar-refractivity contribution in [1.82, 2.24) is 24.0 Å². The lowest BCUT2D eigenvalue weighted by Gasteiger charge is -2.26. The van der Waals surface area contributed by atoms with Crippen molar-refractivity contribution in [3.05, 3.63) is 20.8 Å². The van der Waals surface area contributed by atoms with Crippen molar-refractivity contribution in [1.29, 1.82) is 0 Å². The molecule has 0 unspecified atom stereocenters. The minimum Gasteiger partial charge on any atom is -0.379 e. The Labute approximate surface area is 119 Å². The summed E-state index contributed by atoms with van der Waals surface area (Å²) in [5.74, 6) is 0.241. The van der Waals surface area contributed by atoms with Gasteiger partial charge in [-0.2, -0.15) is 4.98 Å². The van der Waals surface area contributed by atoms with Crippen LogP contribution in [0.3, 0.4) is 0 Å². The first kappa shape index (κ1) is 13.8. The van der Waals surface area contributed by atoms with E-state index in [1.165, 1.54) is 4.57 Å². The molecule has 0 aromatic carbocycles. The quantitative estimate of drug-likeness (QED) is 0.701. The maximum absolute atomic E-state index is 12.0. The molecule has 3 N–H and O–H groups in total. The van der Waals surface area contributed by atoms with E-state index in [9.17, 15) is 9.59 Å². The van der Waals surface area contributed by atoms with E-state index in [0.29, 0.717) is 17.7 Å². The number of aryl methyl sites for hydroxylation is 1. The summed E-state index contributed by atoms with van der Waals surface area (Å²) in [6, 6.07) is 0. The molecule has 9 heteroatoms. The van der Waals surface area contributed by atoms with Crippen LogP contribution in [0.2, 0.25) is 0 Å². The Kier molecular flexibility index (Phi) is 3.52. The second-order valence-corrected chi connectivity index (χ2v) is 5.07. The number of aromatic nitrogens is 4. The van der Waals surface area contributed by atoms with Crippen LogP contribution in [-0.2, 0) is 18.3 Å². The number of hydrogen-bond acceptors (Lipinski definition) is 6. The summed E-state index contributed by atoms with van der Waals surface area (Å²) in [7, 11) is 1.55. The molecule has 9 nitrogen and oxygen atoms in total. The largest absolute Gasteiger partial charge is 0.379 e. The van der Waals surface area contributed by atoms with Gasteiger partial charge in [-0.3, -0.25) is 19.2 Å². The summed E-state index contributed by atoms with van der Waals surface area (Å²) in [5, 5.41) is 0. The fourth-order valence-electron chi connectivity index (χ4n) is 2.54.